The third kappa shape index (κ3) is 4.23. The smallest absolute Gasteiger partial charge is 0.332 e. The van der Waals surface area contributed by atoms with Crippen molar-refractivity contribution < 1.29 is 19.1 Å². The van der Waals surface area contributed by atoms with E-state index in [9.17, 15) is 14.4 Å². The molecule has 0 radical (unpaired) electrons. The van der Waals surface area contributed by atoms with Gasteiger partial charge in [0, 0.05) is 11.7 Å². The minimum atomic E-state index is -0.846. The van der Waals surface area contributed by atoms with Crippen molar-refractivity contribution in [3.8, 4) is 5.75 Å². The molecular formula is C22H25N3O4. The largest absolute Gasteiger partial charge is 0.497 e. The highest BCUT2D eigenvalue weighted by Crippen LogP contribution is 2.29. The average Bonchev–Trinajstić information content (AvgIpc) is 2.92. The van der Waals surface area contributed by atoms with E-state index in [1.165, 1.54) is 9.80 Å². The van der Waals surface area contributed by atoms with Crippen LogP contribution in [0.15, 0.2) is 48.5 Å². The van der Waals surface area contributed by atoms with Crippen LogP contribution in [-0.2, 0) is 9.59 Å². The number of amides is 4. The van der Waals surface area contributed by atoms with Crippen LogP contribution >= 0.6 is 0 Å². The third-order valence-corrected chi connectivity index (χ3v) is 4.82. The molecule has 0 bridgehead atoms. The van der Waals surface area contributed by atoms with Crippen LogP contribution in [0.1, 0.15) is 25.8 Å². The standard InChI is InChI=1S/C22H25N3O4/c1-14(2)24-19(13-20(26)23-16-8-10-18(29-4)11-9-16)21(27)25(22(24)28)17-7-5-6-15(3)12-17/h5-12,14,19H,13H2,1-4H3,(H,23,26)/t19-/m1/s1. The van der Waals surface area contributed by atoms with Crippen molar-refractivity contribution in [2.45, 2.75) is 39.3 Å². The van der Waals surface area contributed by atoms with Crippen LogP contribution in [0.4, 0.5) is 16.2 Å². The maximum atomic E-state index is 13.1. The van der Waals surface area contributed by atoms with E-state index >= 15 is 0 Å². The maximum Gasteiger partial charge on any atom is 0.332 e. The number of anilines is 2. The molecule has 7 nitrogen and oxygen atoms in total. The van der Waals surface area contributed by atoms with Crippen molar-refractivity contribution in [1.82, 2.24) is 4.90 Å². The summed E-state index contributed by atoms with van der Waals surface area (Å²) in [4.78, 5) is 41.3. The lowest BCUT2D eigenvalue weighted by molar-refractivity contribution is -0.124. The molecule has 1 aliphatic heterocycles. The number of carbonyl (C=O) groups is 3. The number of methoxy groups -OCH3 is 1. The first-order valence-corrected chi connectivity index (χ1v) is 9.48. The molecule has 1 fully saturated rings. The number of ether oxygens (including phenoxy) is 1. The molecular weight excluding hydrogens is 370 g/mol. The van der Waals surface area contributed by atoms with Crippen molar-refractivity contribution in [1.29, 1.82) is 0 Å². The Bertz CT molecular complexity index is 924. The predicted molar refractivity (Wildman–Crippen MR) is 111 cm³/mol. The van der Waals surface area contributed by atoms with E-state index in [-0.39, 0.29) is 24.3 Å². The highest BCUT2D eigenvalue weighted by Gasteiger charge is 2.47. The number of hydrogen-bond acceptors (Lipinski definition) is 4. The quantitative estimate of drug-likeness (QED) is 0.759. The molecule has 1 heterocycles. The van der Waals surface area contributed by atoms with E-state index in [0.717, 1.165) is 5.56 Å². The summed E-state index contributed by atoms with van der Waals surface area (Å²) >= 11 is 0. The Morgan fingerprint density at radius 1 is 1.14 bits per heavy atom. The fraction of sp³-hybridized carbons (Fsp3) is 0.318. The molecule has 3 rings (SSSR count). The number of nitrogens with one attached hydrogen (secondary N) is 1. The second-order valence-electron chi connectivity index (χ2n) is 7.29. The van der Waals surface area contributed by atoms with Crippen molar-refractivity contribution in [2.75, 3.05) is 17.3 Å². The summed E-state index contributed by atoms with van der Waals surface area (Å²) in [6, 6.07) is 12.6. The molecule has 152 valence electrons. The molecule has 2 aromatic carbocycles. The summed E-state index contributed by atoms with van der Waals surface area (Å²) in [5.74, 6) is -0.0448. The molecule has 1 saturated heterocycles. The molecule has 0 spiro atoms. The van der Waals surface area contributed by atoms with Gasteiger partial charge in [0.05, 0.1) is 19.2 Å². The van der Waals surface area contributed by atoms with E-state index in [1.54, 1.807) is 49.6 Å². The summed E-state index contributed by atoms with van der Waals surface area (Å²) in [6.45, 7) is 5.56. The van der Waals surface area contributed by atoms with Gasteiger partial charge in [-0.2, -0.15) is 0 Å². The number of rotatable bonds is 6. The Balaban J connectivity index is 1.79. The monoisotopic (exact) mass is 395 g/mol. The van der Waals surface area contributed by atoms with Gasteiger partial charge in [-0.3, -0.25) is 9.59 Å². The number of benzene rings is 2. The van der Waals surface area contributed by atoms with Crippen LogP contribution in [0, 0.1) is 6.92 Å². The molecule has 2 aromatic rings. The number of aryl methyl sites for hydroxylation is 1. The first-order valence-electron chi connectivity index (χ1n) is 9.48. The van der Waals surface area contributed by atoms with Gasteiger partial charge in [-0.1, -0.05) is 12.1 Å². The highest BCUT2D eigenvalue weighted by molar-refractivity contribution is 6.22. The van der Waals surface area contributed by atoms with Gasteiger partial charge in [-0.05, 0) is 62.7 Å². The van der Waals surface area contributed by atoms with Crippen molar-refractivity contribution in [3.05, 3.63) is 54.1 Å². The highest BCUT2D eigenvalue weighted by atomic mass is 16.5. The molecule has 29 heavy (non-hydrogen) atoms. The summed E-state index contributed by atoms with van der Waals surface area (Å²) in [5, 5.41) is 2.78. The van der Waals surface area contributed by atoms with E-state index in [4.69, 9.17) is 4.74 Å². The van der Waals surface area contributed by atoms with Crippen molar-refractivity contribution in [3.63, 3.8) is 0 Å². The van der Waals surface area contributed by atoms with Crippen LogP contribution in [0.5, 0.6) is 5.75 Å². The lowest BCUT2D eigenvalue weighted by Crippen LogP contribution is -2.42. The predicted octanol–water partition coefficient (Wildman–Crippen LogP) is 3.58. The van der Waals surface area contributed by atoms with Gasteiger partial charge < -0.3 is 15.0 Å². The molecule has 0 aromatic heterocycles. The lowest BCUT2D eigenvalue weighted by Gasteiger charge is -2.25. The van der Waals surface area contributed by atoms with E-state index in [0.29, 0.717) is 17.1 Å². The van der Waals surface area contributed by atoms with Crippen molar-refractivity contribution in [2.24, 2.45) is 0 Å². The first-order chi connectivity index (χ1) is 13.8. The molecule has 0 saturated carbocycles. The van der Waals surface area contributed by atoms with E-state index < -0.39 is 12.1 Å². The Hall–Kier alpha value is -3.35. The Labute approximate surface area is 170 Å². The number of urea groups is 1. The van der Waals surface area contributed by atoms with Gasteiger partial charge >= 0.3 is 6.03 Å². The minimum Gasteiger partial charge on any atom is -0.497 e. The number of hydrogen-bond donors (Lipinski definition) is 1. The fourth-order valence-corrected chi connectivity index (χ4v) is 3.44. The van der Waals surface area contributed by atoms with Gasteiger partial charge in [0.1, 0.15) is 11.8 Å². The first kappa shape index (κ1) is 20.4. The number of imide groups is 1. The van der Waals surface area contributed by atoms with E-state index in [1.807, 2.05) is 26.8 Å². The zero-order valence-electron chi connectivity index (χ0n) is 17.0. The summed E-state index contributed by atoms with van der Waals surface area (Å²) in [6.07, 6.45) is -0.114. The summed E-state index contributed by atoms with van der Waals surface area (Å²) in [7, 11) is 1.57. The zero-order chi connectivity index (χ0) is 21.1. The summed E-state index contributed by atoms with van der Waals surface area (Å²) < 4.78 is 5.10. The zero-order valence-corrected chi connectivity index (χ0v) is 17.0. The SMILES string of the molecule is COc1ccc(NC(=O)C[C@@H]2C(=O)N(c3cccc(C)c3)C(=O)N2C(C)C)cc1. The van der Waals surface area contributed by atoms with Gasteiger partial charge in [0.25, 0.3) is 5.91 Å². The second kappa shape index (κ2) is 8.34. The summed E-state index contributed by atoms with van der Waals surface area (Å²) in [5.41, 5.74) is 2.06. The average molecular weight is 395 g/mol. The molecule has 0 unspecified atom stereocenters. The Kier molecular flexibility index (Phi) is 5.87. The van der Waals surface area contributed by atoms with Crippen LogP contribution in [0.2, 0.25) is 0 Å². The van der Waals surface area contributed by atoms with Crippen LogP contribution in [-0.4, -0.2) is 41.9 Å². The molecule has 1 N–H and O–H groups in total. The van der Waals surface area contributed by atoms with Crippen LogP contribution in [0.3, 0.4) is 0 Å². The number of nitrogens with zero attached hydrogens (tertiary/aromatic N) is 2. The van der Waals surface area contributed by atoms with Crippen molar-refractivity contribution >= 4 is 29.2 Å². The van der Waals surface area contributed by atoms with E-state index in [2.05, 4.69) is 5.32 Å². The topological polar surface area (TPSA) is 79.0 Å². The molecule has 0 aliphatic carbocycles. The molecule has 4 amide bonds. The fourth-order valence-electron chi connectivity index (χ4n) is 3.44. The third-order valence-electron chi connectivity index (χ3n) is 4.82. The van der Waals surface area contributed by atoms with Gasteiger partial charge in [0.2, 0.25) is 5.91 Å². The van der Waals surface area contributed by atoms with Gasteiger partial charge in [-0.25, -0.2) is 9.69 Å². The Morgan fingerprint density at radius 3 is 2.41 bits per heavy atom. The molecule has 1 aliphatic rings. The molecule has 7 heteroatoms. The van der Waals surface area contributed by atoms with Gasteiger partial charge in [0.15, 0.2) is 0 Å². The van der Waals surface area contributed by atoms with Gasteiger partial charge in [-0.15, -0.1) is 0 Å². The minimum absolute atomic E-state index is 0.114. The van der Waals surface area contributed by atoms with Crippen LogP contribution in [0.25, 0.3) is 0 Å². The Morgan fingerprint density at radius 2 is 1.83 bits per heavy atom. The maximum absolute atomic E-state index is 13.1. The number of carbonyl (C=O) groups excluding carboxylic acids is 3. The van der Waals surface area contributed by atoms with Crippen LogP contribution < -0.4 is 15.0 Å². The molecule has 1 atom stereocenters. The lowest BCUT2D eigenvalue weighted by atomic mass is 10.1. The second-order valence-corrected chi connectivity index (χ2v) is 7.29. The normalized spacial score (nSPS) is 16.5.